The van der Waals surface area contributed by atoms with Gasteiger partial charge in [-0.1, -0.05) is 17.7 Å². The Morgan fingerprint density at radius 2 is 1.95 bits per heavy atom. The molecule has 0 heterocycles. The highest BCUT2D eigenvalue weighted by Crippen LogP contribution is 2.30. The number of aromatic hydroxyl groups is 1. The van der Waals surface area contributed by atoms with Crippen LogP contribution in [-0.2, 0) is 9.53 Å². The first-order chi connectivity index (χ1) is 8.60. The molecule has 0 saturated heterocycles. The molecule has 1 rings (SSSR count). The average molecular weight is 265 g/mol. The zero-order valence-electron chi connectivity index (χ0n) is 12.3. The zero-order chi connectivity index (χ0) is 14.8. The van der Waals surface area contributed by atoms with Crippen LogP contribution in [0.2, 0.25) is 0 Å². The van der Waals surface area contributed by atoms with E-state index in [1.165, 1.54) is 0 Å². The van der Waals surface area contributed by atoms with Crippen molar-refractivity contribution in [3.05, 3.63) is 28.8 Å². The zero-order valence-corrected chi connectivity index (χ0v) is 12.3. The smallest absolute Gasteiger partial charge is 0.308 e. The Bertz CT molecular complexity index is 475. The number of rotatable bonds is 3. The van der Waals surface area contributed by atoms with Gasteiger partial charge in [0.15, 0.2) is 0 Å². The van der Waals surface area contributed by atoms with Gasteiger partial charge in [-0.15, -0.1) is 0 Å². The highest BCUT2D eigenvalue weighted by atomic mass is 16.6. The Hall–Kier alpha value is -1.55. The van der Waals surface area contributed by atoms with E-state index < -0.39 is 11.6 Å². The summed E-state index contributed by atoms with van der Waals surface area (Å²) in [5.41, 5.74) is 7.82. The van der Waals surface area contributed by atoms with Gasteiger partial charge in [-0.05, 0) is 40.2 Å². The summed E-state index contributed by atoms with van der Waals surface area (Å²) in [5, 5.41) is 10.0. The summed E-state index contributed by atoms with van der Waals surface area (Å²) >= 11 is 0. The van der Waals surface area contributed by atoms with E-state index >= 15 is 0 Å². The van der Waals surface area contributed by atoms with Crippen LogP contribution in [0.25, 0.3) is 0 Å². The van der Waals surface area contributed by atoms with E-state index in [-0.39, 0.29) is 18.1 Å². The number of carbonyl (C=O) groups excluding carboxylic acids is 1. The van der Waals surface area contributed by atoms with Crippen LogP contribution < -0.4 is 5.73 Å². The van der Waals surface area contributed by atoms with Gasteiger partial charge in [0, 0.05) is 11.6 Å². The number of nitrogens with two attached hydrogens (primary N) is 1. The third-order valence-corrected chi connectivity index (χ3v) is 2.68. The van der Waals surface area contributed by atoms with Gasteiger partial charge < -0.3 is 15.6 Å². The number of phenolic OH excluding ortho intramolecular Hbond substituents is 1. The quantitative estimate of drug-likeness (QED) is 0.824. The number of carbonyl (C=O) groups is 1. The monoisotopic (exact) mass is 265 g/mol. The molecule has 1 unspecified atom stereocenters. The molecule has 0 amide bonds. The standard InChI is InChI=1S/C15H23NO3/c1-9-6-10(2)14(18)11(7-9)12(16)8-13(17)19-15(3,4)5/h6-7,12,18H,8,16H2,1-5H3. The second kappa shape index (κ2) is 5.61. The number of hydrogen-bond donors (Lipinski definition) is 2. The van der Waals surface area contributed by atoms with Crippen molar-refractivity contribution in [2.75, 3.05) is 0 Å². The highest BCUT2D eigenvalue weighted by molar-refractivity contribution is 5.71. The average Bonchev–Trinajstić information content (AvgIpc) is 2.20. The molecule has 4 heteroatoms. The molecule has 3 N–H and O–H groups in total. The first kappa shape index (κ1) is 15.5. The number of phenols is 1. The van der Waals surface area contributed by atoms with Crippen molar-refractivity contribution >= 4 is 5.97 Å². The van der Waals surface area contributed by atoms with Crippen LogP contribution in [0, 0.1) is 13.8 Å². The molecular formula is C15H23NO3. The van der Waals surface area contributed by atoms with Gasteiger partial charge in [-0.25, -0.2) is 0 Å². The topological polar surface area (TPSA) is 72.5 Å². The summed E-state index contributed by atoms with van der Waals surface area (Å²) in [6.45, 7) is 9.17. The summed E-state index contributed by atoms with van der Waals surface area (Å²) in [7, 11) is 0. The minimum Gasteiger partial charge on any atom is -0.507 e. The first-order valence-corrected chi connectivity index (χ1v) is 6.37. The van der Waals surface area contributed by atoms with Crippen LogP contribution in [0.4, 0.5) is 0 Å². The Kier molecular flexibility index (Phi) is 4.58. The van der Waals surface area contributed by atoms with Crippen molar-refractivity contribution in [2.45, 2.75) is 52.7 Å². The molecule has 0 aliphatic carbocycles. The summed E-state index contributed by atoms with van der Waals surface area (Å²) in [6.07, 6.45) is 0.0493. The first-order valence-electron chi connectivity index (χ1n) is 6.37. The lowest BCUT2D eigenvalue weighted by atomic mass is 9.98. The van der Waals surface area contributed by atoms with Crippen LogP contribution in [0.5, 0.6) is 5.75 Å². The van der Waals surface area contributed by atoms with Gasteiger partial charge in [0.1, 0.15) is 11.4 Å². The van der Waals surface area contributed by atoms with E-state index in [9.17, 15) is 9.90 Å². The van der Waals surface area contributed by atoms with E-state index in [2.05, 4.69) is 0 Å². The van der Waals surface area contributed by atoms with Crippen molar-refractivity contribution in [2.24, 2.45) is 5.73 Å². The summed E-state index contributed by atoms with van der Waals surface area (Å²) in [4.78, 5) is 11.7. The van der Waals surface area contributed by atoms with Crippen molar-refractivity contribution in [3.63, 3.8) is 0 Å². The molecule has 0 bridgehead atoms. The van der Waals surface area contributed by atoms with Gasteiger partial charge in [-0.3, -0.25) is 4.79 Å². The SMILES string of the molecule is Cc1cc(C)c(O)c(C(N)CC(=O)OC(C)(C)C)c1. The minimum atomic E-state index is -0.562. The predicted octanol–water partition coefficient (Wildman–Crippen LogP) is 2.74. The molecular weight excluding hydrogens is 242 g/mol. The maximum Gasteiger partial charge on any atom is 0.308 e. The van der Waals surface area contributed by atoms with Crippen molar-refractivity contribution in [1.82, 2.24) is 0 Å². The van der Waals surface area contributed by atoms with Crippen LogP contribution in [0.3, 0.4) is 0 Å². The number of esters is 1. The maximum absolute atomic E-state index is 11.7. The van der Waals surface area contributed by atoms with E-state index in [4.69, 9.17) is 10.5 Å². The number of aryl methyl sites for hydroxylation is 2. The molecule has 0 aliphatic heterocycles. The molecule has 0 aromatic heterocycles. The van der Waals surface area contributed by atoms with Crippen LogP contribution >= 0.6 is 0 Å². The third kappa shape index (κ3) is 4.56. The van der Waals surface area contributed by atoms with Gasteiger partial charge in [-0.2, -0.15) is 0 Å². The molecule has 1 atom stereocenters. The molecule has 1 aromatic carbocycles. The number of ether oxygens (including phenoxy) is 1. The molecule has 0 saturated carbocycles. The Morgan fingerprint density at radius 3 is 2.47 bits per heavy atom. The second-order valence-electron chi connectivity index (χ2n) is 5.92. The maximum atomic E-state index is 11.7. The lowest BCUT2D eigenvalue weighted by molar-refractivity contribution is -0.155. The minimum absolute atomic E-state index is 0.0493. The van der Waals surface area contributed by atoms with Crippen LogP contribution in [-0.4, -0.2) is 16.7 Å². The number of hydrogen-bond acceptors (Lipinski definition) is 4. The van der Waals surface area contributed by atoms with E-state index in [1.807, 2.05) is 40.7 Å². The van der Waals surface area contributed by atoms with Gasteiger partial charge >= 0.3 is 5.97 Å². The Labute approximate surface area is 114 Å². The van der Waals surface area contributed by atoms with Gasteiger partial charge in [0.25, 0.3) is 0 Å². The second-order valence-corrected chi connectivity index (χ2v) is 5.92. The Morgan fingerprint density at radius 1 is 1.37 bits per heavy atom. The fourth-order valence-corrected chi connectivity index (χ4v) is 1.95. The van der Waals surface area contributed by atoms with E-state index in [1.54, 1.807) is 6.07 Å². The van der Waals surface area contributed by atoms with E-state index in [0.29, 0.717) is 5.56 Å². The van der Waals surface area contributed by atoms with Crippen LogP contribution in [0.15, 0.2) is 12.1 Å². The fourth-order valence-electron chi connectivity index (χ4n) is 1.95. The van der Waals surface area contributed by atoms with Crippen LogP contribution in [0.1, 0.15) is 49.9 Å². The summed E-state index contributed by atoms with van der Waals surface area (Å²) in [6, 6.07) is 3.12. The van der Waals surface area contributed by atoms with Gasteiger partial charge in [0.2, 0.25) is 0 Å². The molecule has 0 spiro atoms. The Balaban J connectivity index is 2.84. The van der Waals surface area contributed by atoms with Crippen molar-refractivity contribution in [3.8, 4) is 5.75 Å². The van der Waals surface area contributed by atoms with Crippen molar-refractivity contribution in [1.29, 1.82) is 0 Å². The summed E-state index contributed by atoms with van der Waals surface area (Å²) < 4.78 is 5.23. The van der Waals surface area contributed by atoms with Gasteiger partial charge in [0.05, 0.1) is 6.42 Å². The molecule has 106 valence electrons. The highest BCUT2D eigenvalue weighted by Gasteiger charge is 2.21. The summed E-state index contributed by atoms with van der Waals surface area (Å²) in [5.74, 6) is -0.208. The number of benzene rings is 1. The fraction of sp³-hybridized carbons (Fsp3) is 0.533. The molecule has 19 heavy (non-hydrogen) atoms. The molecule has 1 aromatic rings. The third-order valence-electron chi connectivity index (χ3n) is 2.68. The lowest BCUT2D eigenvalue weighted by Crippen LogP contribution is -2.26. The lowest BCUT2D eigenvalue weighted by Gasteiger charge is -2.21. The van der Waals surface area contributed by atoms with E-state index in [0.717, 1.165) is 11.1 Å². The molecule has 0 aliphatic rings. The normalized spacial score (nSPS) is 13.2. The molecule has 4 nitrogen and oxygen atoms in total. The van der Waals surface area contributed by atoms with Crippen molar-refractivity contribution < 1.29 is 14.6 Å². The molecule has 0 radical (unpaired) electrons. The molecule has 0 fully saturated rings. The largest absolute Gasteiger partial charge is 0.507 e. The predicted molar refractivity (Wildman–Crippen MR) is 75.0 cm³/mol.